The molecule has 5 heteroatoms. The zero-order chi connectivity index (χ0) is 14.4. The first-order valence-electron chi connectivity index (χ1n) is 6.31. The van der Waals surface area contributed by atoms with Gasteiger partial charge < -0.3 is 11.1 Å². The lowest BCUT2D eigenvalue weighted by Crippen LogP contribution is -2.33. The third-order valence-electron chi connectivity index (χ3n) is 2.61. The van der Waals surface area contributed by atoms with Crippen LogP contribution in [0.5, 0.6) is 0 Å². The maximum Gasteiger partial charge on any atom is 0.261 e. The lowest BCUT2D eigenvalue weighted by Gasteiger charge is -2.11. The third-order valence-corrected chi connectivity index (χ3v) is 4.51. The van der Waals surface area contributed by atoms with Crippen LogP contribution in [-0.4, -0.2) is 18.5 Å². The Kier molecular flexibility index (Phi) is 5.36. The Labute approximate surface area is 126 Å². The molecule has 0 bridgehead atoms. The van der Waals surface area contributed by atoms with Crippen LogP contribution >= 0.6 is 22.7 Å². The number of carbonyl (C=O) groups excluding carboxylic acids is 1. The normalized spacial score (nSPS) is 11.5. The van der Waals surface area contributed by atoms with Crippen molar-refractivity contribution in [1.82, 2.24) is 5.32 Å². The molecule has 0 aliphatic heterocycles. The van der Waals surface area contributed by atoms with Gasteiger partial charge >= 0.3 is 0 Å². The zero-order valence-electron chi connectivity index (χ0n) is 11.2. The van der Waals surface area contributed by atoms with Crippen molar-refractivity contribution in [3.63, 3.8) is 0 Å². The fourth-order valence-electron chi connectivity index (χ4n) is 1.74. The largest absolute Gasteiger partial charge is 0.349 e. The van der Waals surface area contributed by atoms with Crippen LogP contribution < -0.4 is 11.1 Å². The van der Waals surface area contributed by atoms with Crippen molar-refractivity contribution in [2.24, 2.45) is 5.73 Å². The molecule has 0 spiro atoms. The van der Waals surface area contributed by atoms with Gasteiger partial charge in [0, 0.05) is 17.3 Å². The average molecular weight is 304 g/mol. The van der Waals surface area contributed by atoms with Crippen LogP contribution in [0.1, 0.15) is 26.3 Å². The number of rotatable bonds is 4. The van der Waals surface area contributed by atoms with E-state index in [4.69, 9.17) is 5.73 Å². The monoisotopic (exact) mass is 304 g/mol. The van der Waals surface area contributed by atoms with E-state index in [1.165, 1.54) is 16.2 Å². The fraction of sp³-hybridized carbons (Fsp3) is 0.267. The lowest BCUT2D eigenvalue weighted by atomic mass is 10.2. The highest BCUT2D eigenvalue weighted by Gasteiger charge is 2.12. The van der Waals surface area contributed by atoms with E-state index in [0.717, 1.165) is 11.3 Å². The van der Waals surface area contributed by atoms with Crippen LogP contribution in [0.4, 0.5) is 0 Å². The van der Waals surface area contributed by atoms with Gasteiger partial charge in [-0.25, -0.2) is 0 Å². The molecule has 1 unspecified atom stereocenters. The standard InChI is InChI=1S/C15H16N2OS2/c1-11(10-13-5-3-9-19-13)17-15(18)14-7-6-12(20-14)4-2-8-16/h3,5-7,9,11H,8,10,16H2,1H3,(H,17,18). The third kappa shape index (κ3) is 4.20. The molecule has 20 heavy (non-hydrogen) atoms. The predicted molar refractivity (Wildman–Crippen MR) is 85.2 cm³/mol. The van der Waals surface area contributed by atoms with Gasteiger partial charge in [0.1, 0.15) is 0 Å². The summed E-state index contributed by atoms with van der Waals surface area (Å²) in [6.07, 6.45) is 0.856. The number of hydrogen-bond acceptors (Lipinski definition) is 4. The van der Waals surface area contributed by atoms with E-state index in [0.29, 0.717) is 11.4 Å². The molecule has 0 radical (unpaired) electrons. The Bertz CT molecular complexity index is 620. The summed E-state index contributed by atoms with van der Waals surface area (Å²) in [5.74, 6) is 5.68. The summed E-state index contributed by atoms with van der Waals surface area (Å²) in [5, 5.41) is 5.06. The summed E-state index contributed by atoms with van der Waals surface area (Å²) in [5.41, 5.74) is 5.33. The molecule has 104 valence electrons. The van der Waals surface area contributed by atoms with Crippen LogP contribution in [0.25, 0.3) is 0 Å². The van der Waals surface area contributed by atoms with Gasteiger partial charge in [-0.05, 0) is 30.5 Å². The van der Waals surface area contributed by atoms with Crippen LogP contribution in [0, 0.1) is 11.8 Å². The minimum Gasteiger partial charge on any atom is -0.349 e. The number of hydrogen-bond donors (Lipinski definition) is 2. The van der Waals surface area contributed by atoms with Gasteiger partial charge in [-0.15, -0.1) is 22.7 Å². The SMILES string of the molecule is CC(Cc1cccs1)NC(=O)c1ccc(C#CCN)s1. The van der Waals surface area contributed by atoms with Crippen LogP contribution in [0.3, 0.4) is 0 Å². The predicted octanol–water partition coefficient (Wildman–Crippen LogP) is 2.48. The lowest BCUT2D eigenvalue weighted by molar-refractivity contribution is 0.0944. The van der Waals surface area contributed by atoms with Gasteiger partial charge in [-0.1, -0.05) is 17.9 Å². The van der Waals surface area contributed by atoms with Gasteiger partial charge in [-0.2, -0.15) is 0 Å². The molecule has 2 aromatic rings. The van der Waals surface area contributed by atoms with E-state index in [9.17, 15) is 4.79 Å². The van der Waals surface area contributed by atoms with Gasteiger partial charge in [-0.3, -0.25) is 4.79 Å². The maximum atomic E-state index is 12.1. The number of nitrogens with one attached hydrogen (secondary N) is 1. The minimum absolute atomic E-state index is 0.0418. The molecular weight excluding hydrogens is 288 g/mol. The Hall–Kier alpha value is -1.61. The second kappa shape index (κ2) is 7.25. The minimum atomic E-state index is -0.0418. The Morgan fingerprint density at radius 3 is 3.00 bits per heavy atom. The molecule has 0 aromatic carbocycles. The van der Waals surface area contributed by atoms with Gasteiger partial charge in [0.25, 0.3) is 5.91 Å². The first-order valence-corrected chi connectivity index (χ1v) is 8.00. The first-order chi connectivity index (χ1) is 9.69. The number of thiophene rings is 2. The number of carbonyl (C=O) groups is 1. The highest BCUT2D eigenvalue weighted by Crippen LogP contribution is 2.16. The topological polar surface area (TPSA) is 55.1 Å². The summed E-state index contributed by atoms with van der Waals surface area (Å²) >= 11 is 3.10. The summed E-state index contributed by atoms with van der Waals surface area (Å²) in [7, 11) is 0. The molecule has 0 fully saturated rings. The molecule has 2 heterocycles. The van der Waals surface area contributed by atoms with E-state index >= 15 is 0 Å². The van der Waals surface area contributed by atoms with E-state index in [1.54, 1.807) is 17.4 Å². The molecule has 0 aliphatic carbocycles. The van der Waals surface area contributed by atoms with Crippen molar-refractivity contribution in [1.29, 1.82) is 0 Å². The molecule has 1 atom stereocenters. The average Bonchev–Trinajstić information content (AvgIpc) is 3.07. The molecule has 3 N–H and O–H groups in total. The van der Waals surface area contributed by atoms with Gasteiger partial charge in [0.05, 0.1) is 16.3 Å². The van der Waals surface area contributed by atoms with E-state index in [-0.39, 0.29) is 11.9 Å². The van der Waals surface area contributed by atoms with Crippen molar-refractivity contribution in [3.8, 4) is 11.8 Å². The van der Waals surface area contributed by atoms with Crippen molar-refractivity contribution < 1.29 is 4.79 Å². The molecule has 0 saturated carbocycles. The van der Waals surface area contributed by atoms with Crippen LogP contribution in [-0.2, 0) is 6.42 Å². The fourth-order valence-corrected chi connectivity index (χ4v) is 3.36. The molecule has 2 rings (SSSR count). The molecule has 0 aliphatic rings. The van der Waals surface area contributed by atoms with E-state index < -0.39 is 0 Å². The van der Waals surface area contributed by atoms with Crippen molar-refractivity contribution in [3.05, 3.63) is 44.3 Å². The van der Waals surface area contributed by atoms with Crippen molar-refractivity contribution >= 4 is 28.6 Å². The Balaban J connectivity index is 1.92. The zero-order valence-corrected chi connectivity index (χ0v) is 12.8. The van der Waals surface area contributed by atoms with Crippen molar-refractivity contribution in [2.75, 3.05) is 6.54 Å². The highest BCUT2D eigenvalue weighted by molar-refractivity contribution is 7.14. The first kappa shape index (κ1) is 14.8. The second-order valence-electron chi connectivity index (χ2n) is 4.33. The maximum absolute atomic E-state index is 12.1. The smallest absolute Gasteiger partial charge is 0.261 e. The molecule has 3 nitrogen and oxygen atoms in total. The molecular formula is C15H16N2OS2. The highest BCUT2D eigenvalue weighted by atomic mass is 32.1. The summed E-state index contributed by atoms with van der Waals surface area (Å²) < 4.78 is 0. The molecule has 1 amide bonds. The number of nitrogens with two attached hydrogens (primary N) is 1. The van der Waals surface area contributed by atoms with Crippen LogP contribution in [0.15, 0.2) is 29.6 Å². The molecule has 0 saturated heterocycles. The van der Waals surface area contributed by atoms with E-state index in [2.05, 4.69) is 23.2 Å². The van der Waals surface area contributed by atoms with Gasteiger partial charge in [0.2, 0.25) is 0 Å². The van der Waals surface area contributed by atoms with Gasteiger partial charge in [0.15, 0.2) is 0 Å². The summed E-state index contributed by atoms with van der Waals surface area (Å²) in [6.45, 7) is 2.34. The van der Waals surface area contributed by atoms with Crippen LogP contribution in [0.2, 0.25) is 0 Å². The number of amides is 1. The summed E-state index contributed by atoms with van der Waals surface area (Å²) in [6, 6.07) is 7.88. The second-order valence-corrected chi connectivity index (χ2v) is 6.44. The van der Waals surface area contributed by atoms with Crippen molar-refractivity contribution in [2.45, 2.75) is 19.4 Å². The van der Waals surface area contributed by atoms with E-state index in [1.807, 2.05) is 24.4 Å². The Morgan fingerprint density at radius 1 is 1.45 bits per heavy atom. The molecule has 2 aromatic heterocycles. The summed E-state index contributed by atoms with van der Waals surface area (Å²) in [4.78, 5) is 14.9. The quantitative estimate of drug-likeness (QED) is 0.853. The Morgan fingerprint density at radius 2 is 2.30 bits per heavy atom.